The molecule has 1 aliphatic heterocycles. The van der Waals surface area contributed by atoms with Gasteiger partial charge in [-0.1, -0.05) is 23.8 Å². The van der Waals surface area contributed by atoms with Gasteiger partial charge in [-0.2, -0.15) is 4.31 Å². The number of hydrogen-bond acceptors (Lipinski definition) is 6. The van der Waals surface area contributed by atoms with Crippen molar-refractivity contribution in [1.82, 2.24) is 14.3 Å². The Morgan fingerprint density at radius 2 is 1.74 bits per heavy atom. The van der Waals surface area contributed by atoms with Gasteiger partial charge in [-0.25, -0.2) is 8.42 Å². The number of H-pyrrole nitrogens is 1. The standard InChI is InChI=1S/C25H23N3O5S/c1-17-4-6-21(7-5-17)34(30,31)28(15-18-3-2-8-26-14-18)16-20-11-19-12-23-24(33-10-9-32-23)13-22(19)27-25(20)29/h2-8,11-14H,9-10,15-16H2,1H3,(H,27,29). The summed E-state index contributed by atoms with van der Waals surface area (Å²) in [5, 5.41) is 0.730. The van der Waals surface area contributed by atoms with Gasteiger partial charge in [0.05, 0.1) is 10.4 Å². The summed E-state index contributed by atoms with van der Waals surface area (Å²) in [5.41, 5.74) is 2.23. The van der Waals surface area contributed by atoms with Crippen molar-refractivity contribution in [2.24, 2.45) is 0 Å². The number of benzene rings is 2. The van der Waals surface area contributed by atoms with E-state index in [1.54, 1.807) is 67.0 Å². The fraction of sp³-hybridized carbons (Fsp3) is 0.200. The Hall–Kier alpha value is -3.69. The highest BCUT2D eigenvalue weighted by molar-refractivity contribution is 7.89. The molecule has 0 bridgehead atoms. The Morgan fingerprint density at radius 3 is 2.44 bits per heavy atom. The molecular weight excluding hydrogens is 454 g/mol. The van der Waals surface area contributed by atoms with Gasteiger partial charge in [0, 0.05) is 42.5 Å². The number of hydrogen-bond donors (Lipinski definition) is 1. The number of aromatic amines is 1. The third kappa shape index (κ3) is 4.40. The molecule has 5 rings (SSSR count). The smallest absolute Gasteiger partial charge is 0.252 e. The first-order valence-corrected chi connectivity index (χ1v) is 12.3. The van der Waals surface area contributed by atoms with Crippen LogP contribution in [0.1, 0.15) is 16.7 Å². The van der Waals surface area contributed by atoms with Crippen LogP contribution in [0.4, 0.5) is 0 Å². The van der Waals surface area contributed by atoms with E-state index in [2.05, 4.69) is 9.97 Å². The SMILES string of the molecule is Cc1ccc(S(=O)(=O)N(Cc2cccnc2)Cc2cc3cc4c(cc3[nH]c2=O)OCCO4)cc1. The third-order valence-electron chi connectivity index (χ3n) is 5.67. The highest BCUT2D eigenvalue weighted by atomic mass is 32.2. The van der Waals surface area contributed by atoms with E-state index in [9.17, 15) is 13.2 Å². The summed E-state index contributed by atoms with van der Waals surface area (Å²) in [6.07, 6.45) is 3.24. The molecule has 34 heavy (non-hydrogen) atoms. The second-order valence-corrected chi connectivity index (χ2v) is 10.1. The van der Waals surface area contributed by atoms with Crippen LogP contribution in [0.5, 0.6) is 11.5 Å². The summed E-state index contributed by atoms with van der Waals surface area (Å²) in [6.45, 7) is 2.75. The van der Waals surface area contributed by atoms with Crippen molar-refractivity contribution in [1.29, 1.82) is 0 Å². The van der Waals surface area contributed by atoms with E-state index < -0.39 is 10.0 Å². The number of nitrogens with zero attached hydrogens (tertiary/aromatic N) is 2. The third-order valence-corrected chi connectivity index (χ3v) is 7.48. The predicted molar refractivity (Wildman–Crippen MR) is 127 cm³/mol. The summed E-state index contributed by atoms with van der Waals surface area (Å²) < 4.78 is 39.7. The van der Waals surface area contributed by atoms with Gasteiger partial charge in [0.2, 0.25) is 10.0 Å². The molecule has 0 amide bonds. The minimum Gasteiger partial charge on any atom is -0.486 e. The number of ether oxygens (including phenoxy) is 2. The van der Waals surface area contributed by atoms with Crippen LogP contribution in [0.2, 0.25) is 0 Å². The van der Waals surface area contributed by atoms with Crippen LogP contribution in [0.3, 0.4) is 0 Å². The maximum Gasteiger partial charge on any atom is 0.252 e. The maximum absolute atomic E-state index is 13.6. The molecule has 9 heteroatoms. The molecule has 1 aliphatic rings. The van der Waals surface area contributed by atoms with Gasteiger partial charge in [0.1, 0.15) is 13.2 Å². The van der Waals surface area contributed by atoms with Gasteiger partial charge < -0.3 is 14.5 Å². The van der Waals surface area contributed by atoms with Crippen LogP contribution in [-0.4, -0.2) is 35.9 Å². The average Bonchev–Trinajstić information content (AvgIpc) is 2.84. The monoisotopic (exact) mass is 477 g/mol. The van der Waals surface area contributed by atoms with Crippen molar-refractivity contribution in [3.8, 4) is 11.5 Å². The number of rotatable bonds is 6. The predicted octanol–water partition coefficient (Wildman–Crippen LogP) is 3.39. The summed E-state index contributed by atoms with van der Waals surface area (Å²) in [5.74, 6) is 1.17. The number of pyridine rings is 2. The summed E-state index contributed by atoms with van der Waals surface area (Å²) >= 11 is 0. The lowest BCUT2D eigenvalue weighted by Crippen LogP contribution is -2.32. The zero-order chi connectivity index (χ0) is 23.7. The fourth-order valence-corrected chi connectivity index (χ4v) is 5.28. The molecule has 0 saturated heterocycles. The Labute approximate surface area is 196 Å². The molecule has 2 aromatic carbocycles. The molecule has 1 N–H and O–H groups in total. The molecule has 0 spiro atoms. The Kier molecular flexibility index (Phi) is 5.80. The molecule has 0 unspecified atom stereocenters. The Balaban J connectivity index is 1.55. The van der Waals surface area contributed by atoms with E-state index in [0.717, 1.165) is 16.5 Å². The molecule has 2 aromatic heterocycles. The summed E-state index contributed by atoms with van der Waals surface area (Å²) in [6, 6.07) is 15.4. The molecule has 0 atom stereocenters. The largest absolute Gasteiger partial charge is 0.486 e. The quantitative estimate of drug-likeness (QED) is 0.457. The second-order valence-electron chi connectivity index (χ2n) is 8.15. The topological polar surface area (TPSA) is 102 Å². The average molecular weight is 478 g/mol. The maximum atomic E-state index is 13.6. The number of sulfonamides is 1. The Morgan fingerprint density at radius 1 is 1.00 bits per heavy atom. The van der Waals surface area contributed by atoms with Gasteiger partial charge in [0.15, 0.2) is 11.5 Å². The van der Waals surface area contributed by atoms with Gasteiger partial charge >= 0.3 is 0 Å². The van der Waals surface area contributed by atoms with Crippen molar-refractivity contribution < 1.29 is 17.9 Å². The van der Waals surface area contributed by atoms with E-state index in [-0.39, 0.29) is 23.5 Å². The van der Waals surface area contributed by atoms with Crippen molar-refractivity contribution >= 4 is 20.9 Å². The highest BCUT2D eigenvalue weighted by Crippen LogP contribution is 2.34. The number of aromatic nitrogens is 2. The van der Waals surface area contributed by atoms with Crippen molar-refractivity contribution in [2.45, 2.75) is 24.9 Å². The lowest BCUT2D eigenvalue weighted by molar-refractivity contribution is 0.172. The van der Waals surface area contributed by atoms with E-state index in [1.807, 2.05) is 6.92 Å². The van der Waals surface area contributed by atoms with Gasteiger partial charge in [-0.15, -0.1) is 0 Å². The van der Waals surface area contributed by atoms with Crippen LogP contribution < -0.4 is 15.0 Å². The molecule has 4 aromatic rings. The van der Waals surface area contributed by atoms with Crippen LogP contribution in [0, 0.1) is 6.92 Å². The van der Waals surface area contributed by atoms with Gasteiger partial charge in [-0.3, -0.25) is 9.78 Å². The molecule has 0 saturated carbocycles. The first kappa shape index (κ1) is 22.1. The van der Waals surface area contributed by atoms with Crippen LogP contribution in [0.25, 0.3) is 10.9 Å². The normalized spacial score (nSPS) is 13.4. The lowest BCUT2D eigenvalue weighted by Gasteiger charge is -2.23. The van der Waals surface area contributed by atoms with E-state index in [0.29, 0.717) is 35.8 Å². The first-order valence-electron chi connectivity index (χ1n) is 10.8. The van der Waals surface area contributed by atoms with Gasteiger partial charge in [-0.05, 0) is 42.8 Å². The minimum absolute atomic E-state index is 0.0721. The Bertz CT molecular complexity index is 1500. The second kappa shape index (κ2) is 8.92. The number of fused-ring (bicyclic) bond motifs is 2. The molecule has 3 heterocycles. The molecule has 174 valence electrons. The number of nitrogens with one attached hydrogen (secondary N) is 1. The number of aryl methyl sites for hydroxylation is 1. The van der Waals surface area contributed by atoms with Crippen molar-refractivity contribution in [2.75, 3.05) is 13.2 Å². The highest BCUT2D eigenvalue weighted by Gasteiger charge is 2.26. The van der Waals surface area contributed by atoms with Crippen molar-refractivity contribution in [3.63, 3.8) is 0 Å². The lowest BCUT2D eigenvalue weighted by atomic mass is 10.1. The fourth-order valence-electron chi connectivity index (χ4n) is 3.88. The van der Waals surface area contributed by atoms with Gasteiger partial charge in [0.25, 0.3) is 5.56 Å². The zero-order valence-corrected chi connectivity index (χ0v) is 19.3. The minimum atomic E-state index is -3.89. The van der Waals surface area contributed by atoms with Crippen LogP contribution in [0.15, 0.2) is 76.7 Å². The van der Waals surface area contributed by atoms with Crippen LogP contribution >= 0.6 is 0 Å². The van der Waals surface area contributed by atoms with E-state index in [1.165, 1.54) is 4.31 Å². The summed E-state index contributed by atoms with van der Waals surface area (Å²) in [7, 11) is -3.89. The molecule has 8 nitrogen and oxygen atoms in total. The van der Waals surface area contributed by atoms with E-state index in [4.69, 9.17) is 9.47 Å². The van der Waals surface area contributed by atoms with Crippen LogP contribution in [-0.2, 0) is 23.1 Å². The molecule has 0 aliphatic carbocycles. The molecule has 0 radical (unpaired) electrons. The van der Waals surface area contributed by atoms with E-state index >= 15 is 0 Å². The molecule has 0 fully saturated rings. The first-order chi connectivity index (χ1) is 16.4. The molecular formula is C25H23N3O5S. The van der Waals surface area contributed by atoms with Crippen molar-refractivity contribution in [3.05, 3.63) is 94.0 Å². The summed E-state index contributed by atoms with van der Waals surface area (Å²) in [4.78, 5) is 20.0. The zero-order valence-electron chi connectivity index (χ0n) is 18.5.